The van der Waals surface area contributed by atoms with Crippen LogP contribution in [0.15, 0.2) is 67.0 Å². The third-order valence-electron chi connectivity index (χ3n) is 9.48. The monoisotopic (exact) mass is 548 g/mol. The van der Waals surface area contributed by atoms with E-state index in [0.717, 1.165) is 63.6 Å². The fraction of sp³-hybridized carbons (Fsp3) is 0.333. The molecule has 8 heteroatoms. The van der Waals surface area contributed by atoms with Gasteiger partial charge in [0, 0.05) is 35.4 Å². The van der Waals surface area contributed by atoms with Crippen molar-refractivity contribution < 1.29 is 9.39 Å². The Morgan fingerprint density at radius 2 is 1.71 bits per heavy atom. The highest BCUT2D eigenvalue weighted by Crippen LogP contribution is 2.44. The number of para-hydroxylation sites is 1. The molecule has 1 fully saturated rings. The summed E-state index contributed by atoms with van der Waals surface area (Å²) in [6.07, 6.45) is 6.88. The van der Waals surface area contributed by atoms with E-state index in [1.807, 2.05) is 48.1 Å². The molecule has 0 unspecified atom stereocenters. The first-order valence-corrected chi connectivity index (χ1v) is 14.2. The van der Waals surface area contributed by atoms with Gasteiger partial charge in [0.15, 0.2) is 5.69 Å². The van der Waals surface area contributed by atoms with Gasteiger partial charge in [0.25, 0.3) is 5.91 Å². The van der Waals surface area contributed by atoms with Crippen LogP contribution >= 0.6 is 0 Å². The molecule has 3 N–H and O–H groups in total. The van der Waals surface area contributed by atoms with E-state index in [4.69, 9.17) is 15.8 Å². The van der Waals surface area contributed by atoms with Gasteiger partial charge in [-0.1, -0.05) is 30.3 Å². The summed E-state index contributed by atoms with van der Waals surface area (Å²) in [5.74, 6) is -0.564. The largest absolute Gasteiger partial charge is 0.364 e. The number of pyridine rings is 2. The maximum atomic E-state index is 12.5. The third-order valence-corrected chi connectivity index (χ3v) is 9.48. The van der Waals surface area contributed by atoms with Crippen LogP contribution < -0.4 is 11.2 Å². The zero-order chi connectivity index (χ0) is 29.2. The van der Waals surface area contributed by atoms with Crippen LogP contribution in [0.1, 0.15) is 63.1 Å². The number of amides is 1. The maximum absolute atomic E-state index is 12.5. The summed E-state index contributed by atoms with van der Waals surface area (Å²) >= 11 is 0. The number of hydrogen-bond donors (Lipinski definition) is 2. The van der Waals surface area contributed by atoms with Gasteiger partial charge in [0.1, 0.15) is 16.8 Å². The fourth-order valence-electron chi connectivity index (χ4n) is 6.62. The Morgan fingerprint density at radius 3 is 2.44 bits per heavy atom. The molecule has 3 aromatic heterocycles. The molecule has 0 atom stereocenters. The van der Waals surface area contributed by atoms with Gasteiger partial charge in [-0.3, -0.25) is 9.78 Å². The molecule has 1 aliphatic rings. The van der Waals surface area contributed by atoms with Crippen molar-refractivity contribution in [3.8, 4) is 16.8 Å². The highest BCUT2D eigenvalue weighted by molar-refractivity contribution is 5.99. The zero-order valence-corrected chi connectivity index (χ0v) is 24.7. The minimum Gasteiger partial charge on any atom is -0.364 e. The van der Waals surface area contributed by atoms with Crippen molar-refractivity contribution in [1.82, 2.24) is 19.7 Å². The van der Waals surface area contributed by atoms with Gasteiger partial charge in [-0.15, -0.1) is 0 Å². The number of quaternary nitrogens is 1. The number of likely N-dealkylation sites (tertiary alicyclic amines) is 1. The molecule has 8 nitrogen and oxygen atoms in total. The van der Waals surface area contributed by atoms with E-state index in [1.165, 1.54) is 0 Å². The number of piperidine rings is 1. The van der Waals surface area contributed by atoms with Gasteiger partial charge in [0.2, 0.25) is 0 Å². The van der Waals surface area contributed by atoms with E-state index < -0.39 is 5.91 Å². The first-order valence-electron chi connectivity index (χ1n) is 14.2. The molecule has 0 aliphatic carbocycles. The first kappa shape index (κ1) is 26.9. The molecular formula is C33H38N7O+. The zero-order valence-electron chi connectivity index (χ0n) is 24.7. The molecule has 6 rings (SSSR count). The quantitative estimate of drug-likeness (QED) is 0.243. The van der Waals surface area contributed by atoms with Crippen LogP contribution in [0.25, 0.3) is 38.6 Å². The second kappa shape index (κ2) is 9.38. The van der Waals surface area contributed by atoms with Gasteiger partial charge in [0.05, 0.1) is 35.7 Å². The number of nitrogens with two attached hydrogens (primary N) is 1. The number of aromatic nitrogens is 4. The van der Waals surface area contributed by atoms with Crippen molar-refractivity contribution in [2.45, 2.75) is 65.0 Å². The van der Waals surface area contributed by atoms with Gasteiger partial charge in [-0.05, 0) is 70.9 Å². The minimum atomic E-state index is -0.564. The van der Waals surface area contributed by atoms with Gasteiger partial charge in [-0.2, -0.15) is 5.10 Å². The Bertz CT molecular complexity index is 1800. The van der Waals surface area contributed by atoms with E-state index in [0.29, 0.717) is 10.3 Å². The number of benzene rings is 2. The van der Waals surface area contributed by atoms with Crippen molar-refractivity contribution >= 4 is 33.4 Å². The number of carbonyl (C=O) groups excluding carboxylic acids is 1. The SMILES string of the molecule is Cc1nn(-c2cnc(C(N)=O)c(N[N+]3(C)C(C)(C)CCCC3(C)C)c2)c2cccc(-c3cnc4ccccc4c3)c12. The lowest BCUT2D eigenvalue weighted by molar-refractivity contribution is -0.985. The summed E-state index contributed by atoms with van der Waals surface area (Å²) in [6, 6.07) is 18.5. The second-order valence-corrected chi connectivity index (χ2v) is 12.7. The van der Waals surface area contributed by atoms with E-state index >= 15 is 0 Å². The van der Waals surface area contributed by atoms with E-state index in [1.54, 1.807) is 6.20 Å². The summed E-state index contributed by atoms with van der Waals surface area (Å²) < 4.78 is 2.45. The number of primary amides is 1. The topological polar surface area (TPSA) is 98.7 Å². The van der Waals surface area contributed by atoms with Crippen LogP contribution in [0.4, 0.5) is 5.69 Å². The summed E-state index contributed by atoms with van der Waals surface area (Å²) in [5, 5.41) is 7.10. The average Bonchev–Trinajstić information content (AvgIpc) is 3.28. The van der Waals surface area contributed by atoms with Crippen molar-refractivity contribution in [2.75, 3.05) is 12.5 Å². The Kier molecular flexibility index (Phi) is 6.15. The number of hydrogen-bond acceptors (Lipinski definition) is 5. The van der Waals surface area contributed by atoms with Crippen LogP contribution in [-0.4, -0.2) is 48.4 Å². The van der Waals surface area contributed by atoms with Gasteiger partial charge in [-0.25, -0.2) is 19.7 Å². The molecule has 1 aliphatic heterocycles. The summed E-state index contributed by atoms with van der Waals surface area (Å²) in [4.78, 5) is 21.8. The summed E-state index contributed by atoms with van der Waals surface area (Å²) in [6.45, 7) is 11.1. The molecule has 5 aromatic rings. The van der Waals surface area contributed by atoms with Crippen molar-refractivity contribution in [3.05, 3.63) is 78.4 Å². The Hall–Kier alpha value is -4.30. The summed E-state index contributed by atoms with van der Waals surface area (Å²) in [5.41, 5.74) is 15.9. The van der Waals surface area contributed by atoms with Crippen LogP contribution in [0, 0.1) is 6.92 Å². The highest BCUT2D eigenvalue weighted by Gasteiger charge is 2.55. The second-order valence-electron chi connectivity index (χ2n) is 12.7. The van der Waals surface area contributed by atoms with Gasteiger partial charge < -0.3 is 5.73 Å². The normalized spacial score (nSPS) is 17.5. The Balaban J connectivity index is 1.49. The molecule has 0 radical (unpaired) electrons. The van der Waals surface area contributed by atoms with Crippen LogP contribution in [0.5, 0.6) is 0 Å². The average molecular weight is 549 g/mol. The van der Waals surface area contributed by atoms with Crippen LogP contribution in [-0.2, 0) is 0 Å². The molecule has 0 bridgehead atoms. The predicted octanol–water partition coefficient (Wildman–Crippen LogP) is 6.56. The van der Waals surface area contributed by atoms with E-state index in [-0.39, 0.29) is 16.8 Å². The predicted molar refractivity (Wildman–Crippen MR) is 165 cm³/mol. The molecule has 0 saturated carbocycles. The number of fused-ring (bicyclic) bond motifs is 2. The lowest BCUT2D eigenvalue weighted by Gasteiger charge is -2.58. The number of anilines is 1. The maximum Gasteiger partial charge on any atom is 0.269 e. The number of aryl methyl sites for hydroxylation is 1. The highest BCUT2D eigenvalue weighted by atomic mass is 16.1. The third kappa shape index (κ3) is 4.25. The molecule has 2 aromatic carbocycles. The summed E-state index contributed by atoms with van der Waals surface area (Å²) in [7, 11) is 2.20. The lowest BCUT2D eigenvalue weighted by atomic mass is 9.79. The first-order chi connectivity index (χ1) is 19.4. The molecule has 0 spiro atoms. The number of nitrogens with zero attached hydrogens (tertiary/aromatic N) is 5. The van der Waals surface area contributed by atoms with Gasteiger partial charge >= 0.3 is 0 Å². The lowest BCUT2D eigenvalue weighted by Crippen LogP contribution is -2.73. The van der Waals surface area contributed by atoms with Crippen molar-refractivity contribution in [3.63, 3.8) is 0 Å². The van der Waals surface area contributed by atoms with Crippen LogP contribution in [0.3, 0.4) is 0 Å². The molecule has 4 heterocycles. The van der Waals surface area contributed by atoms with E-state index in [9.17, 15) is 4.79 Å². The molecule has 1 amide bonds. The fourth-order valence-corrected chi connectivity index (χ4v) is 6.62. The van der Waals surface area contributed by atoms with Crippen LogP contribution in [0.2, 0.25) is 0 Å². The number of rotatable bonds is 5. The van der Waals surface area contributed by atoms with E-state index in [2.05, 4.69) is 69.4 Å². The Labute approximate surface area is 240 Å². The molecule has 41 heavy (non-hydrogen) atoms. The minimum absolute atomic E-state index is 0.0789. The smallest absolute Gasteiger partial charge is 0.269 e. The molecular weight excluding hydrogens is 510 g/mol. The van der Waals surface area contributed by atoms with Crippen molar-refractivity contribution in [1.29, 1.82) is 0 Å². The number of carbonyl (C=O) groups is 1. The molecule has 210 valence electrons. The van der Waals surface area contributed by atoms with Crippen molar-refractivity contribution in [2.24, 2.45) is 5.73 Å². The number of nitrogens with one attached hydrogen (secondary N) is 1. The molecule has 1 saturated heterocycles. The standard InChI is InChI=1S/C33H37N7O/c1-21-29-25(23-17-22-11-7-8-13-26(22)35-19-23)12-9-14-28(29)39(37-21)24-18-27(30(31(34)41)36-20-24)38-40(6)32(2,3)15-10-16-33(40,4)5/h7-9,11-14,17-20H,10,15-16H2,1-6H3,(H2-,34,38,41)/p+1. The Morgan fingerprint density at radius 1 is 0.976 bits per heavy atom.